The maximum absolute atomic E-state index is 5.14. The minimum absolute atomic E-state index is 0.665. The summed E-state index contributed by atoms with van der Waals surface area (Å²) in [6, 6.07) is 14.5. The minimum atomic E-state index is 0.665. The van der Waals surface area contributed by atoms with Crippen molar-refractivity contribution in [3.8, 4) is 0 Å². The van der Waals surface area contributed by atoms with Crippen molar-refractivity contribution in [1.82, 2.24) is 5.32 Å². The molecule has 2 N–H and O–H groups in total. The Morgan fingerprint density at radius 3 is 2.39 bits per heavy atom. The summed E-state index contributed by atoms with van der Waals surface area (Å²) < 4.78 is 0. The number of fused-ring (bicyclic) bond motifs is 1. The second-order valence-corrected chi connectivity index (χ2v) is 3.95. The highest BCUT2D eigenvalue weighted by Crippen LogP contribution is 2.18. The maximum atomic E-state index is 5.14. The highest BCUT2D eigenvalue weighted by molar-refractivity contribution is 7.80. The van der Waals surface area contributed by atoms with E-state index in [4.69, 9.17) is 12.2 Å². The van der Waals surface area contributed by atoms with Gasteiger partial charge in [0.05, 0.1) is 0 Å². The molecule has 0 aromatic heterocycles. The van der Waals surface area contributed by atoms with Crippen molar-refractivity contribution >= 4 is 33.8 Å². The van der Waals surface area contributed by atoms with Gasteiger partial charge in [0.25, 0.3) is 0 Å². The van der Waals surface area contributed by atoms with Crippen molar-refractivity contribution in [2.24, 2.45) is 0 Å². The van der Waals surface area contributed by atoms with Crippen molar-refractivity contribution in [3.63, 3.8) is 0 Å². The Morgan fingerprint density at radius 2 is 1.72 bits per heavy atom. The molecule has 2 rings (SSSR count). The lowest BCUT2D eigenvalue weighted by atomic mass is 10.1. The molecule has 0 spiro atoms. The van der Waals surface area contributed by atoms with Gasteiger partial charge in [-0.2, -0.15) is 0 Å². The van der Waals surface area contributed by atoms with Crippen LogP contribution in [-0.4, -0.2) is 11.7 Å². The van der Waals surface area contributed by atoms with E-state index >= 15 is 0 Å². The van der Waals surface area contributed by atoms with Crippen LogP contribution < -0.4 is 10.6 Å². The summed E-state index contributed by atoms with van der Waals surface area (Å²) in [5.74, 6) is 0. The van der Waals surface area contributed by atoms with E-state index in [2.05, 4.69) is 34.9 Å². The first-order valence-electron chi connectivity index (χ1n) is 6.33. The highest BCUT2D eigenvalue weighted by atomic mass is 32.1. The molecule has 0 aliphatic heterocycles. The standard InChI is InChI=1S/C13H14N2S.C2H6/c1-2-14-13(16)15-12-8-7-10-5-3-4-6-11(10)9-12;1-2/h3-9H,2H2,1H3,(H2,14,15,16);1-2H3. The lowest BCUT2D eigenvalue weighted by molar-refractivity contribution is 0.979. The zero-order chi connectivity index (χ0) is 13.4. The molecule has 2 aromatic rings. The summed E-state index contributed by atoms with van der Waals surface area (Å²) in [6.45, 7) is 6.85. The van der Waals surface area contributed by atoms with E-state index in [1.165, 1.54) is 10.8 Å². The molecule has 96 valence electrons. The summed E-state index contributed by atoms with van der Waals surface area (Å²) in [7, 11) is 0. The van der Waals surface area contributed by atoms with Crippen molar-refractivity contribution in [1.29, 1.82) is 0 Å². The van der Waals surface area contributed by atoms with Gasteiger partial charge in [-0.1, -0.05) is 44.2 Å². The maximum Gasteiger partial charge on any atom is 0.170 e. The van der Waals surface area contributed by atoms with E-state index in [9.17, 15) is 0 Å². The molecule has 3 heteroatoms. The molecular formula is C15H20N2S. The summed E-state index contributed by atoms with van der Waals surface area (Å²) in [5.41, 5.74) is 1.02. The average Bonchev–Trinajstić information content (AvgIpc) is 2.41. The third kappa shape index (κ3) is 4.00. The first kappa shape index (κ1) is 14.5. The van der Waals surface area contributed by atoms with Crippen LogP contribution in [0.25, 0.3) is 10.8 Å². The molecule has 0 fully saturated rings. The molecule has 2 nitrogen and oxygen atoms in total. The Kier molecular flexibility index (Phi) is 6.15. The summed E-state index contributed by atoms with van der Waals surface area (Å²) >= 11 is 5.14. The summed E-state index contributed by atoms with van der Waals surface area (Å²) in [5, 5.41) is 9.34. The van der Waals surface area contributed by atoms with Crippen LogP contribution in [0.4, 0.5) is 5.69 Å². The molecule has 0 bridgehead atoms. The van der Waals surface area contributed by atoms with Crippen LogP contribution in [0.5, 0.6) is 0 Å². The van der Waals surface area contributed by atoms with Gasteiger partial charge in [-0.3, -0.25) is 0 Å². The van der Waals surface area contributed by atoms with Crippen LogP contribution in [0, 0.1) is 0 Å². The fourth-order valence-electron chi connectivity index (χ4n) is 1.60. The van der Waals surface area contributed by atoms with Gasteiger partial charge in [-0.05, 0) is 42.0 Å². The Balaban J connectivity index is 0.000000771. The molecule has 0 saturated heterocycles. The molecular weight excluding hydrogens is 240 g/mol. The van der Waals surface area contributed by atoms with E-state index < -0.39 is 0 Å². The molecule has 18 heavy (non-hydrogen) atoms. The molecule has 0 heterocycles. The number of anilines is 1. The van der Waals surface area contributed by atoms with E-state index in [-0.39, 0.29) is 0 Å². The van der Waals surface area contributed by atoms with Crippen LogP contribution in [0.2, 0.25) is 0 Å². The number of hydrogen-bond donors (Lipinski definition) is 2. The first-order chi connectivity index (χ1) is 8.79. The lowest BCUT2D eigenvalue weighted by Gasteiger charge is -2.09. The lowest BCUT2D eigenvalue weighted by Crippen LogP contribution is -2.27. The van der Waals surface area contributed by atoms with Crippen LogP contribution in [0.1, 0.15) is 20.8 Å². The molecule has 0 unspecified atom stereocenters. The number of rotatable bonds is 2. The van der Waals surface area contributed by atoms with Gasteiger partial charge in [-0.15, -0.1) is 0 Å². The summed E-state index contributed by atoms with van der Waals surface area (Å²) in [6.07, 6.45) is 0. The number of hydrogen-bond acceptors (Lipinski definition) is 1. The fourth-order valence-corrected chi connectivity index (χ4v) is 1.87. The van der Waals surface area contributed by atoms with Gasteiger partial charge in [0.1, 0.15) is 0 Å². The zero-order valence-electron chi connectivity index (χ0n) is 11.2. The van der Waals surface area contributed by atoms with Crippen molar-refractivity contribution in [3.05, 3.63) is 42.5 Å². The van der Waals surface area contributed by atoms with E-state index in [1.54, 1.807) is 0 Å². The van der Waals surface area contributed by atoms with Crippen molar-refractivity contribution in [2.75, 3.05) is 11.9 Å². The fraction of sp³-hybridized carbons (Fsp3) is 0.267. The Bertz CT molecular complexity index is 509. The largest absolute Gasteiger partial charge is 0.363 e. The van der Waals surface area contributed by atoms with Crippen LogP contribution in [-0.2, 0) is 0 Å². The van der Waals surface area contributed by atoms with Gasteiger partial charge in [0.15, 0.2) is 5.11 Å². The third-order valence-corrected chi connectivity index (χ3v) is 2.59. The predicted octanol–water partition coefficient (Wildman–Crippen LogP) is 4.17. The van der Waals surface area contributed by atoms with Gasteiger partial charge in [0, 0.05) is 12.2 Å². The zero-order valence-corrected chi connectivity index (χ0v) is 12.0. The smallest absolute Gasteiger partial charge is 0.170 e. The Hall–Kier alpha value is -1.61. The number of nitrogens with one attached hydrogen (secondary N) is 2. The molecule has 0 saturated carbocycles. The van der Waals surface area contributed by atoms with Crippen LogP contribution in [0.15, 0.2) is 42.5 Å². The topological polar surface area (TPSA) is 24.1 Å². The highest BCUT2D eigenvalue weighted by Gasteiger charge is 1.97. The normalized spacial score (nSPS) is 9.28. The van der Waals surface area contributed by atoms with Gasteiger partial charge in [-0.25, -0.2) is 0 Å². The molecule has 2 aromatic carbocycles. The van der Waals surface area contributed by atoms with Crippen molar-refractivity contribution in [2.45, 2.75) is 20.8 Å². The quantitative estimate of drug-likeness (QED) is 0.792. The second-order valence-electron chi connectivity index (χ2n) is 3.55. The number of thiocarbonyl (C=S) groups is 1. The average molecular weight is 260 g/mol. The second kappa shape index (κ2) is 7.67. The molecule has 0 aliphatic rings. The molecule has 0 aliphatic carbocycles. The van der Waals surface area contributed by atoms with E-state index in [0.717, 1.165) is 12.2 Å². The molecule has 0 atom stereocenters. The molecule has 0 amide bonds. The minimum Gasteiger partial charge on any atom is -0.363 e. The van der Waals surface area contributed by atoms with Gasteiger partial charge >= 0.3 is 0 Å². The Labute approximate surface area is 114 Å². The molecule has 0 radical (unpaired) electrons. The van der Waals surface area contributed by atoms with Gasteiger partial charge in [0.2, 0.25) is 0 Å². The van der Waals surface area contributed by atoms with Crippen LogP contribution in [0.3, 0.4) is 0 Å². The van der Waals surface area contributed by atoms with E-state index in [1.807, 2.05) is 39.0 Å². The third-order valence-electron chi connectivity index (χ3n) is 2.34. The number of benzene rings is 2. The van der Waals surface area contributed by atoms with Crippen LogP contribution >= 0.6 is 12.2 Å². The van der Waals surface area contributed by atoms with Gasteiger partial charge < -0.3 is 10.6 Å². The first-order valence-corrected chi connectivity index (χ1v) is 6.74. The SMILES string of the molecule is CC.CCNC(=S)Nc1ccc2ccccc2c1. The Morgan fingerprint density at radius 1 is 1.06 bits per heavy atom. The monoisotopic (exact) mass is 260 g/mol. The van der Waals surface area contributed by atoms with E-state index in [0.29, 0.717) is 5.11 Å². The van der Waals surface area contributed by atoms with Crippen molar-refractivity contribution < 1.29 is 0 Å². The summed E-state index contributed by atoms with van der Waals surface area (Å²) in [4.78, 5) is 0. The predicted molar refractivity (Wildman–Crippen MR) is 85.2 cm³/mol.